The lowest BCUT2D eigenvalue weighted by molar-refractivity contribution is -0.167. The van der Waals surface area contributed by atoms with Crippen molar-refractivity contribution in [2.75, 3.05) is 13.2 Å². The van der Waals surface area contributed by atoms with E-state index in [0.29, 0.717) is 19.3 Å². The minimum atomic E-state index is -0.761. The topological polar surface area (TPSA) is 78.9 Å². The third-order valence-electron chi connectivity index (χ3n) is 10.5. The van der Waals surface area contributed by atoms with Crippen molar-refractivity contribution in [2.45, 2.75) is 259 Å². The Morgan fingerprint density at radius 3 is 0.925 bits per heavy atom. The van der Waals surface area contributed by atoms with Gasteiger partial charge in [0.1, 0.15) is 13.2 Å². The van der Waals surface area contributed by atoms with Crippen LogP contribution >= 0.6 is 0 Å². The Bertz CT molecular complexity index is 809. The average molecular weight is 751 g/mol. The van der Waals surface area contributed by atoms with Crippen molar-refractivity contribution >= 4 is 17.9 Å². The van der Waals surface area contributed by atoms with Crippen LogP contribution in [0.2, 0.25) is 0 Å². The smallest absolute Gasteiger partial charge is 0.306 e. The SMILES string of the molecule is CCCCCCCCCCCCCCCCC(=O)OC[C@H](COC(=O)CCCCCCCCCCC(C)C)OC(=O)CCCCCCCCCC(C)C. The van der Waals surface area contributed by atoms with E-state index in [0.717, 1.165) is 69.6 Å². The molecule has 0 fully saturated rings. The zero-order valence-corrected chi connectivity index (χ0v) is 36.1. The molecule has 6 nitrogen and oxygen atoms in total. The summed E-state index contributed by atoms with van der Waals surface area (Å²) in [5.74, 6) is 0.714. The molecule has 0 aromatic rings. The Morgan fingerprint density at radius 1 is 0.358 bits per heavy atom. The average Bonchev–Trinajstić information content (AvgIpc) is 3.12. The standard InChI is InChI=1S/C47H90O6/c1-6-7-8-9-10-11-12-13-14-15-16-22-27-32-37-45(48)51-40-44(53-47(50)39-34-29-24-19-21-26-31-36-43(4)5)41-52-46(49)38-33-28-23-18-17-20-25-30-35-42(2)3/h42-44H,6-41H2,1-5H3/t44-/m1/s1. The summed E-state index contributed by atoms with van der Waals surface area (Å²) in [7, 11) is 0. The van der Waals surface area contributed by atoms with Gasteiger partial charge in [-0.1, -0.05) is 214 Å². The van der Waals surface area contributed by atoms with E-state index >= 15 is 0 Å². The molecule has 0 bridgehead atoms. The molecule has 0 aliphatic rings. The van der Waals surface area contributed by atoms with Gasteiger partial charge in [0.25, 0.3) is 0 Å². The first kappa shape index (κ1) is 51.4. The first-order valence-corrected chi connectivity index (χ1v) is 23.2. The summed E-state index contributed by atoms with van der Waals surface area (Å²) in [6, 6.07) is 0. The summed E-state index contributed by atoms with van der Waals surface area (Å²) < 4.78 is 16.7. The van der Waals surface area contributed by atoms with Crippen molar-refractivity contribution in [2.24, 2.45) is 11.8 Å². The monoisotopic (exact) mass is 751 g/mol. The van der Waals surface area contributed by atoms with Crippen LogP contribution in [0.15, 0.2) is 0 Å². The van der Waals surface area contributed by atoms with Gasteiger partial charge >= 0.3 is 17.9 Å². The van der Waals surface area contributed by atoms with E-state index in [9.17, 15) is 14.4 Å². The quantitative estimate of drug-likeness (QED) is 0.0352. The highest BCUT2D eigenvalue weighted by atomic mass is 16.6. The first-order chi connectivity index (χ1) is 25.7. The molecule has 1 atom stereocenters. The number of hydrogen-bond donors (Lipinski definition) is 0. The molecule has 0 aromatic carbocycles. The number of hydrogen-bond acceptors (Lipinski definition) is 6. The summed E-state index contributed by atoms with van der Waals surface area (Å²) in [6.45, 7) is 11.3. The predicted molar refractivity (Wildman–Crippen MR) is 224 cm³/mol. The lowest BCUT2D eigenvalue weighted by atomic mass is 10.0. The number of carbonyl (C=O) groups is 3. The van der Waals surface area contributed by atoms with Crippen molar-refractivity contribution in [3.05, 3.63) is 0 Å². The Kier molecular flexibility index (Phi) is 38.9. The van der Waals surface area contributed by atoms with E-state index < -0.39 is 6.10 Å². The fourth-order valence-electron chi connectivity index (χ4n) is 6.93. The van der Waals surface area contributed by atoms with Gasteiger partial charge in [-0.3, -0.25) is 14.4 Å². The van der Waals surface area contributed by atoms with Crippen molar-refractivity contribution in [3.8, 4) is 0 Å². The predicted octanol–water partition coefficient (Wildman–Crippen LogP) is 14.6. The van der Waals surface area contributed by atoms with E-state index in [2.05, 4.69) is 34.6 Å². The number of unbranched alkanes of at least 4 members (excludes halogenated alkanes) is 26. The second-order valence-corrected chi connectivity index (χ2v) is 17.0. The lowest BCUT2D eigenvalue weighted by Gasteiger charge is -2.18. The van der Waals surface area contributed by atoms with Gasteiger partial charge in [-0.05, 0) is 31.1 Å². The molecule has 0 rings (SSSR count). The first-order valence-electron chi connectivity index (χ1n) is 23.2. The van der Waals surface area contributed by atoms with Gasteiger partial charge in [0, 0.05) is 19.3 Å². The van der Waals surface area contributed by atoms with E-state index in [1.165, 1.54) is 141 Å². The number of rotatable bonds is 41. The van der Waals surface area contributed by atoms with Gasteiger partial charge in [-0.25, -0.2) is 0 Å². The number of carbonyl (C=O) groups excluding carboxylic acids is 3. The van der Waals surface area contributed by atoms with Gasteiger partial charge in [0.05, 0.1) is 0 Å². The third kappa shape index (κ3) is 41.4. The van der Waals surface area contributed by atoms with E-state index in [1.54, 1.807) is 0 Å². The Morgan fingerprint density at radius 2 is 0.623 bits per heavy atom. The van der Waals surface area contributed by atoms with Crippen LogP contribution in [0, 0.1) is 11.8 Å². The second kappa shape index (κ2) is 40.1. The molecule has 0 amide bonds. The van der Waals surface area contributed by atoms with Crippen LogP contribution in [0.3, 0.4) is 0 Å². The van der Waals surface area contributed by atoms with Crippen LogP contribution in [0.4, 0.5) is 0 Å². The summed E-state index contributed by atoms with van der Waals surface area (Å²) >= 11 is 0. The summed E-state index contributed by atoms with van der Waals surface area (Å²) in [6.07, 6.45) is 38.1. The highest BCUT2D eigenvalue weighted by molar-refractivity contribution is 5.71. The molecule has 0 radical (unpaired) electrons. The van der Waals surface area contributed by atoms with Crippen molar-refractivity contribution in [3.63, 3.8) is 0 Å². The zero-order chi connectivity index (χ0) is 39.0. The van der Waals surface area contributed by atoms with E-state index in [4.69, 9.17) is 14.2 Å². The molecule has 0 saturated heterocycles. The molecule has 0 spiro atoms. The fraction of sp³-hybridized carbons (Fsp3) is 0.936. The highest BCUT2D eigenvalue weighted by Gasteiger charge is 2.19. The summed E-state index contributed by atoms with van der Waals surface area (Å²) in [5.41, 5.74) is 0. The molecule has 0 heterocycles. The maximum absolute atomic E-state index is 12.7. The van der Waals surface area contributed by atoms with Gasteiger partial charge in [-0.15, -0.1) is 0 Å². The van der Waals surface area contributed by atoms with Crippen molar-refractivity contribution < 1.29 is 28.6 Å². The third-order valence-corrected chi connectivity index (χ3v) is 10.5. The number of esters is 3. The van der Waals surface area contributed by atoms with Crippen molar-refractivity contribution in [1.29, 1.82) is 0 Å². The molecular formula is C47H90O6. The van der Waals surface area contributed by atoms with Gasteiger partial charge in [0.15, 0.2) is 6.10 Å². The molecule has 314 valence electrons. The molecule has 0 unspecified atom stereocenters. The zero-order valence-electron chi connectivity index (χ0n) is 36.1. The molecule has 0 aromatic heterocycles. The van der Waals surface area contributed by atoms with E-state index in [1.807, 2.05) is 0 Å². The largest absolute Gasteiger partial charge is 0.462 e. The van der Waals surface area contributed by atoms with Crippen molar-refractivity contribution in [1.82, 2.24) is 0 Å². The van der Waals surface area contributed by atoms with Gasteiger partial charge in [-0.2, -0.15) is 0 Å². The minimum Gasteiger partial charge on any atom is -0.462 e. The van der Waals surface area contributed by atoms with Crippen LogP contribution < -0.4 is 0 Å². The Labute approximate surface area is 329 Å². The molecule has 0 aliphatic carbocycles. The number of ether oxygens (including phenoxy) is 3. The van der Waals surface area contributed by atoms with Crippen LogP contribution in [-0.2, 0) is 28.6 Å². The molecule has 6 heteroatoms. The van der Waals surface area contributed by atoms with Gasteiger partial charge in [0.2, 0.25) is 0 Å². The maximum atomic E-state index is 12.7. The minimum absolute atomic E-state index is 0.0655. The van der Waals surface area contributed by atoms with Crippen LogP contribution in [0.25, 0.3) is 0 Å². The summed E-state index contributed by atoms with van der Waals surface area (Å²) in [4.78, 5) is 37.7. The Balaban J connectivity index is 4.31. The second-order valence-electron chi connectivity index (χ2n) is 17.0. The van der Waals surface area contributed by atoms with Crippen LogP contribution in [0.5, 0.6) is 0 Å². The maximum Gasteiger partial charge on any atom is 0.306 e. The highest BCUT2D eigenvalue weighted by Crippen LogP contribution is 2.16. The van der Waals surface area contributed by atoms with Crippen LogP contribution in [-0.4, -0.2) is 37.2 Å². The molecule has 0 N–H and O–H groups in total. The lowest BCUT2D eigenvalue weighted by Crippen LogP contribution is -2.30. The van der Waals surface area contributed by atoms with E-state index in [-0.39, 0.29) is 31.1 Å². The molecule has 53 heavy (non-hydrogen) atoms. The summed E-state index contributed by atoms with van der Waals surface area (Å²) in [5, 5.41) is 0. The van der Waals surface area contributed by atoms with Gasteiger partial charge < -0.3 is 14.2 Å². The molecule has 0 saturated carbocycles. The molecular weight excluding hydrogens is 661 g/mol. The molecule has 0 aliphatic heterocycles. The van der Waals surface area contributed by atoms with Crippen LogP contribution in [0.1, 0.15) is 253 Å². The fourth-order valence-corrected chi connectivity index (χ4v) is 6.93. The normalized spacial score (nSPS) is 12.1. The Hall–Kier alpha value is -1.59.